The van der Waals surface area contributed by atoms with Crippen molar-refractivity contribution < 1.29 is 29.0 Å². The molecule has 0 aromatic heterocycles. The number of benzene rings is 1. The minimum absolute atomic E-state index is 0.136. The van der Waals surface area contributed by atoms with Crippen LogP contribution in [0.3, 0.4) is 0 Å². The summed E-state index contributed by atoms with van der Waals surface area (Å²) in [5.74, 6) is -1.09. The maximum atomic E-state index is 11.6. The number of esters is 1. The highest BCUT2D eigenvalue weighted by Crippen LogP contribution is 2.49. The van der Waals surface area contributed by atoms with Gasteiger partial charge in [0.2, 0.25) is 0 Å². The fraction of sp³-hybridized carbons (Fsp3) is 0.364. The molecule has 19 heavy (non-hydrogen) atoms. The Morgan fingerprint density at radius 3 is 2.42 bits per heavy atom. The van der Waals surface area contributed by atoms with Gasteiger partial charge in [0.05, 0.1) is 0 Å². The van der Waals surface area contributed by atoms with E-state index in [1.165, 1.54) is 0 Å². The van der Waals surface area contributed by atoms with Crippen LogP contribution in [-0.2, 0) is 20.5 Å². The smallest absolute Gasteiger partial charge is 0.396 e. The monoisotopic (exact) mass is 289 g/mol. The number of hydrogen-bond acceptors (Lipinski definition) is 5. The fourth-order valence-electron chi connectivity index (χ4n) is 1.28. The van der Waals surface area contributed by atoms with Gasteiger partial charge in [-0.05, 0) is 12.0 Å². The highest BCUT2D eigenvalue weighted by Gasteiger charge is 2.45. The van der Waals surface area contributed by atoms with Crippen LogP contribution < -0.4 is 5.73 Å². The van der Waals surface area contributed by atoms with E-state index >= 15 is 0 Å². The Balaban J connectivity index is 2.66. The number of ether oxygens (including phenoxy) is 1. The SMILES string of the molecule is CC(O)(OC(=O)[C@@H](N)Cc1ccccc1)P(=O)(O)O. The molecule has 1 rings (SSSR count). The van der Waals surface area contributed by atoms with Gasteiger partial charge in [0.1, 0.15) is 6.04 Å². The van der Waals surface area contributed by atoms with Gasteiger partial charge < -0.3 is 25.4 Å². The topological polar surface area (TPSA) is 130 Å². The third-order valence-corrected chi connectivity index (χ3v) is 3.61. The summed E-state index contributed by atoms with van der Waals surface area (Å²) < 4.78 is 15.3. The van der Waals surface area contributed by atoms with Crippen LogP contribution in [0.1, 0.15) is 12.5 Å². The number of nitrogens with two attached hydrogens (primary N) is 1. The van der Waals surface area contributed by atoms with Crippen LogP contribution in [0.4, 0.5) is 0 Å². The van der Waals surface area contributed by atoms with E-state index in [9.17, 15) is 14.5 Å². The van der Waals surface area contributed by atoms with Crippen LogP contribution in [-0.4, -0.2) is 32.4 Å². The molecule has 0 aliphatic rings. The average molecular weight is 289 g/mol. The molecule has 0 spiro atoms. The van der Waals surface area contributed by atoms with E-state index in [4.69, 9.17) is 15.5 Å². The standard InChI is InChI=1S/C11H16NO6P/c1-11(14,19(15,16)17)18-10(13)9(12)7-8-5-3-2-4-6-8/h2-6,9,14H,7,12H2,1H3,(H2,15,16,17)/t9-,11?/m0/s1. The molecule has 8 heteroatoms. The summed E-state index contributed by atoms with van der Waals surface area (Å²) in [5.41, 5.74) is 3.45. The van der Waals surface area contributed by atoms with E-state index in [0.717, 1.165) is 5.56 Å². The lowest BCUT2D eigenvalue weighted by molar-refractivity contribution is -0.181. The van der Waals surface area contributed by atoms with Gasteiger partial charge in [-0.15, -0.1) is 0 Å². The zero-order valence-corrected chi connectivity index (χ0v) is 11.2. The third-order valence-electron chi connectivity index (χ3n) is 2.44. The van der Waals surface area contributed by atoms with E-state index in [1.807, 2.05) is 0 Å². The Kier molecular flexibility index (Phi) is 4.84. The van der Waals surface area contributed by atoms with Crippen molar-refractivity contribution >= 4 is 13.6 Å². The highest BCUT2D eigenvalue weighted by molar-refractivity contribution is 7.53. The molecule has 1 unspecified atom stereocenters. The van der Waals surface area contributed by atoms with Crippen LogP contribution in [0, 0.1) is 0 Å². The number of hydrogen-bond donors (Lipinski definition) is 4. The summed E-state index contributed by atoms with van der Waals surface area (Å²) >= 11 is 0. The normalized spacial score (nSPS) is 16.5. The van der Waals surface area contributed by atoms with Crippen LogP contribution in [0.5, 0.6) is 0 Å². The number of aliphatic hydroxyl groups is 1. The van der Waals surface area contributed by atoms with Crippen LogP contribution in [0.2, 0.25) is 0 Å². The third kappa shape index (κ3) is 4.41. The lowest BCUT2D eigenvalue weighted by Crippen LogP contribution is -2.41. The summed E-state index contributed by atoms with van der Waals surface area (Å²) in [6, 6.07) is 7.69. The first-order valence-electron chi connectivity index (χ1n) is 5.44. The van der Waals surface area contributed by atoms with Gasteiger partial charge in [-0.3, -0.25) is 9.36 Å². The molecular formula is C11H16NO6P. The molecule has 5 N–H and O–H groups in total. The van der Waals surface area contributed by atoms with Gasteiger partial charge in [0.15, 0.2) is 0 Å². The predicted octanol–water partition coefficient (Wildman–Crippen LogP) is -0.0567. The first-order valence-corrected chi connectivity index (χ1v) is 7.05. The molecule has 0 heterocycles. The second kappa shape index (κ2) is 5.81. The number of carbonyl (C=O) groups is 1. The van der Waals surface area contributed by atoms with Crippen molar-refractivity contribution in [2.75, 3.05) is 0 Å². The van der Waals surface area contributed by atoms with Crippen molar-refractivity contribution in [2.24, 2.45) is 5.73 Å². The fourth-order valence-corrected chi connectivity index (χ4v) is 1.49. The van der Waals surface area contributed by atoms with Crippen molar-refractivity contribution in [1.82, 2.24) is 0 Å². The second-order valence-electron chi connectivity index (χ2n) is 4.20. The molecule has 0 saturated carbocycles. The van der Waals surface area contributed by atoms with Crippen LogP contribution in [0.15, 0.2) is 30.3 Å². The Bertz CT molecular complexity index is 483. The van der Waals surface area contributed by atoms with Gasteiger partial charge in [-0.1, -0.05) is 30.3 Å². The lowest BCUT2D eigenvalue weighted by atomic mass is 10.1. The van der Waals surface area contributed by atoms with E-state index in [0.29, 0.717) is 6.92 Å². The Morgan fingerprint density at radius 1 is 1.42 bits per heavy atom. The molecule has 0 saturated heterocycles. The van der Waals surface area contributed by atoms with E-state index in [-0.39, 0.29) is 6.42 Å². The molecule has 0 fully saturated rings. The molecular weight excluding hydrogens is 273 g/mol. The first-order chi connectivity index (χ1) is 8.63. The molecule has 2 atom stereocenters. The predicted molar refractivity (Wildman–Crippen MR) is 66.9 cm³/mol. The zero-order chi connectivity index (χ0) is 14.7. The van der Waals surface area contributed by atoms with E-state index < -0.39 is 25.1 Å². The second-order valence-corrected chi connectivity index (χ2v) is 6.11. The minimum atomic E-state index is -4.99. The van der Waals surface area contributed by atoms with E-state index in [2.05, 4.69) is 4.74 Å². The largest absolute Gasteiger partial charge is 0.420 e. The van der Waals surface area contributed by atoms with Gasteiger partial charge in [0.25, 0.3) is 0 Å². The molecule has 0 aliphatic heterocycles. The Morgan fingerprint density at radius 2 is 1.95 bits per heavy atom. The van der Waals surface area contributed by atoms with Crippen LogP contribution >= 0.6 is 7.60 Å². The lowest BCUT2D eigenvalue weighted by Gasteiger charge is -2.25. The highest BCUT2D eigenvalue weighted by atomic mass is 31.2. The quantitative estimate of drug-likeness (QED) is 0.339. The number of carbonyl (C=O) groups excluding carboxylic acids is 1. The first kappa shape index (κ1) is 15.8. The van der Waals surface area contributed by atoms with Crippen molar-refractivity contribution in [3.8, 4) is 0 Å². The zero-order valence-electron chi connectivity index (χ0n) is 10.3. The summed E-state index contributed by atoms with van der Waals surface area (Å²) in [5, 5.41) is 9.37. The maximum absolute atomic E-state index is 11.6. The van der Waals surface area contributed by atoms with Crippen molar-refractivity contribution in [2.45, 2.75) is 24.9 Å². The summed E-state index contributed by atoms with van der Waals surface area (Å²) in [6.45, 7) is 0.709. The van der Waals surface area contributed by atoms with Crippen LogP contribution in [0.25, 0.3) is 0 Å². The molecule has 106 valence electrons. The summed E-state index contributed by atoms with van der Waals surface area (Å²) in [7, 11) is -4.99. The minimum Gasteiger partial charge on any atom is -0.420 e. The Labute approximate surface area is 110 Å². The maximum Gasteiger partial charge on any atom is 0.396 e. The van der Waals surface area contributed by atoms with Gasteiger partial charge in [-0.2, -0.15) is 0 Å². The number of rotatable bonds is 5. The molecule has 0 radical (unpaired) electrons. The van der Waals surface area contributed by atoms with Gasteiger partial charge >= 0.3 is 19.1 Å². The molecule has 1 aromatic carbocycles. The Hall–Kier alpha value is -1.24. The molecule has 1 aromatic rings. The average Bonchev–Trinajstić information content (AvgIpc) is 2.28. The van der Waals surface area contributed by atoms with E-state index in [1.54, 1.807) is 30.3 Å². The molecule has 0 bridgehead atoms. The summed E-state index contributed by atoms with van der Waals surface area (Å²) in [4.78, 5) is 29.2. The van der Waals surface area contributed by atoms with Crippen molar-refractivity contribution in [1.29, 1.82) is 0 Å². The molecule has 7 nitrogen and oxygen atoms in total. The summed E-state index contributed by atoms with van der Waals surface area (Å²) in [6.07, 6.45) is 0.136. The van der Waals surface area contributed by atoms with Crippen molar-refractivity contribution in [3.05, 3.63) is 35.9 Å². The van der Waals surface area contributed by atoms with Crippen molar-refractivity contribution in [3.63, 3.8) is 0 Å². The van der Waals surface area contributed by atoms with Gasteiger partial charge in [-0.25, -0.2) is 0 Å². The van der Waals surface area contributed by atoms with Gasteiger partial charge in [0, 0.05) is 6.92 Å². The molecule has 0 aliphatic carbocycles. The molecule has 0 amide bonds.